The molecule has 0 aliphatic heterocycles. The van der Waals surface area contributed by atoms with Crippen molar-refractivity contribution in [3.63, 3.8) is 0 Å². The zero-order valence-electron chi connectivity index (χ0n) is 11.8. The maximum atomic E-state index is 13.2. The van der Waals surface area contributed by atoms with E-state index < -0.39 is 32.2 Å². The largest absolute Gasteiger partial charge is 0.457 e. The van der Waals surface area contributed by atoms with Gasteiger partial charge in [0.25, 0.3) is 0 Å². The maximum absolute atomic E-state index is 13.2. The van der Waals surface area contributed by atoms with E-state index in [1.165, 1.54) is 31.2 Å². The third kappa shape index (κ3) is 4.17. The van der Waals surface area contributed by atoms with E-state index in [9.17, 15) is 21.6 Å². The molecule has 0 atom stereocenters. The highest BCUT2D eigenvalue weighted by molar-refractivity contribution is 7.91. The Balaban J connectivity index is 2.49. The van der Waals surface area contributed by atoms with Crippen LogP contribution in [0.5, 0.6) is 11.5 Å². The fourth-order valence-electron chi connectivity index (χ4n) is 1.84. The molecule has 3 nitrogen and oxygen atoms in total. The standard InChI is InChI=1S/C15H11ClF3O3S/c1-2-23(20,21)14-7-6-12(9-13(14)15(17,18)19)22-11-5-3-4-10(16)8-11/h4-9H,2H2,1H3. The van der Waals surface area contributed by atoms with Crippen LogP contribution in [0.3, 0.4) is 0 Å². The Labute approximate surface area is 136 Å². The van der Waals surface area contributed by atoms with Crippen LogP contribution in [0.1, 0.15) is 12.5 Å². The van der Waals surface area contributed by atoms with Crippen LogP contribution < -0.4 is 4.74 Å². The summed E-state index contributed by atoms with van der Waals surface area (Å²) in [5, 5.41) is 0.309. The normalized spacial score (nSPS) is 12.2. The van der Waals surface area contributed by atoms with Crippen LogP contribution in [0.25, 0.3) is 0 Å². The van der Waals surface area contributed by atoms with E-state index in [0.717, 1.165) is 6.07 Å². The molecule has 2 aromatic carbocycles. The van der Waals surface area contributed by atoms with Crippen LogP contribution >= 0.6 is 11.6 Å². The van der Waals surface area contributed by atoms with Crippen LogP contribution in [0.2, 0.25) is 5.02 Å². The average Bonchev–Trinajstić information content (AvgIpc) is 2.46. The van der Waals surface area contributed by atoms with Gasteiger partial charge < -0.3 is 4.74 Å². The van der Waals surface area contributed by atoms with Gasteiger partial charge in [-0.3, -0.25) is 0 Å². The molecule has 2 aromatic rings. The van der Waals surface area contributed by atoms with Crippen LogP contribution in [-0.2, 0) is 16.0 Å². The number of hydrogen-bond acceptors (Lipinski definition) is 3. The molecule has 0 saturated carbocycles. The van der Waals surface area contributed by atoms with Crippen molar-refractivity contribution in [1.29, 1.82) is 0 Å². The second kappa shape index (κ2) is 6.41. The maximum Gasteiger partial charge on any atom is 0.417 e. The SMILES string of the molecule is CCS(=O)(=O)c1ccc(Oc2c[c]cc(Cl)c2)cc1C(F)(F)F. The van der Waals surface area contributed by atoms with Gasteiger partial charge in [0.1, 0.15) is 11.5 Å². The second-order valence-corrected chi connectivity index (χ2v) is 7.23. The number of sulfone groups is 1. The molecule has 0 aliphatic carbocycles. The first-order valence-corrected chi connectivity index (χ1v) is 8.45. The first-order chi connectivity index (χ1) is 10.6. The molecule has 1 radical (unpaired) electrons. The molecule has 0 aromatic heterocycles. The van der Waals surface area contributed by atoms with Crippen molar-refractivity contribution < 1.29 is 26.3 Å². The van der Waals surface area contributed by atoms with E-state index in [-0.39, 0.29) is 11.5 Å². The van der Waals surface area contributed by atoms with Crippen molar-refractivity contribution >= 4 is 21.4 Å². The summed E-state index contributed by atoms with van der Waals surface area (Å²) in [7, 11) is -4.01. The number of benzene rings is 2. The summed E-state index contributed by atoms with van der Waals surface area (Å²) in [6, 6.07) is 9.65. The van der Waals surface area contributed by atoms with E-state index in [1.807, 2.05) is 0 Å². The lowest BCUT2D eigenvalue weighted by Gasteiger charge is -2.14. The molecule has 0 heterocycles. The molecule has 0 unspecified atom stereocenters. The minimum atomic E-state index is -4.82. The Morgan fingerprint density at radius 3 is 2.43 bits per heavy atom. The summed E-state index contributed by atoms with van der Waals surface area (Å²) in [6.07, 6.45) is -4.82. The van der Waals surface area contributed by atoms with Crippen LogP contribution in [0, 0.1) is 6.07 Å². The van der Waals surface area contributed by atoms with Gasteiger partial charge in [0.15, 0.2) is 9.84 Å². The second-order valence-electron chi connectivity index (χ2n) is 4.55. The van der Waals surface area contributed by atoms with Crippen molar-refractivity contribution in [1.82, 2.24) is 0 Å². The monoisotopic (exact) mass is 363 g/mol. The molecule has 0 bridgehead atoms. The molecule has 123 valence electrons. The predicted molar refractivity (Wildman–Crippen MR) is 79.5 cm³/mol. The Bertz CT molecular complexity index is 817. The fourth-order valence-corrected chi connectivity index (χ4v) is 3.11. The number of rotatable bonds is 4. The highest BCUT2D eigenvalue weighted by Crippen LogP contribution is 2.38. The van der Waals surface area contributed by atoms with Crippen molar-refractivity contribution in [2.24, 2.45) is 0 Å². The molecular weight excluding hydrogens is 353 g/mol. The van der Waals surface area contributed by atoms with Gasteiger partial charge in [0.05, 0.1) is 16.2 Å². The summed E-state index contributed by atoms with van der Waals surface area (Å²) in [6.45, 7) is 1.28. The summed E-state index contributed by atoms with van der Waals surface area (Å²) in [4.78, 5) is -0.766. The number of alkyl halides is 3. The zero-order valence-corrected chi connectivity index (χ0v) is 13.4. The lowest BCUT2D eigenvalue weighted by molar-refractivity contribution is -0.140. The van der Waals surface area contributed by atoms with Gasteiger partial charge in [-0.25, -0.2) is 8.42 Å². The first kappa shape index (κ1) is 17.6. The summed E-state index contributed by atoms with van der Waals surface area (Å²) >= 11 is 5.75. The van der Waals surface area contributed by atoms with Gasteiger partial charge in [-0.15, -0.1) is 0 Å². The molecule has 0 amide bonds. The number of hydrogen-bond donors (Lipinski definition) is 0. The van der Waals surface area contributed by atoms with Crippen LogP contribution in [0.15, 0.2) is 41.3 Å². The minimum absolute atomic E-state index is 0.150. The summed E-state index contributed by atoms with van der Waals surface area (Å²) < 4.78 is 68.4. The third-order valence-corrected chi connectivity index (χ3v) is 4.94. The predicted octanol–water partition coefficient (Wildman–Crippen LogP) is 4.74. The quantitative estimate of drug-likeness (QED) is 0.787. The Kier molecular flexibility index (Phi) is 4.91. The Morgan fingerprint density at radius 1 is 1.17 bits per heavy atom. The third-order valence-electron chi connectivity index (χ3n) is 2.93. The topological polar surface area (TPSA) is 43.4 Å². The van der Waals surface area contributed by atoms with Gasteiger partial charge in [-0.2, -0.15) is 13.2 Å². The van der Waals surface area contributed by atoms with Crippen LogP contribution in [0.4, 0.5) is 13.2 Å². The number of ether oxygens (including phenoxy) is 1. The molecule has 8 heteroatoms. The van der Waals surface area contributed by atoms with Gasteiger partial charge >= 0.3 is 6.18 Å². The van der Waals surface area contributed by atoms with E-state index in [2.05, 4.69) is 6.07 Å². The van der Waals surface area contributed by atoms with Gasteiger partial charge in [-0.1, -0.05) is 18.5 Å². The van der Waals surface area contributed by atoms with E-state index >= 15 is 0 Å². The molecule has 0 spiro atoms. The molecule has 0 fully saturated rings. The molecule has 0 aliphatic rings. The summed E-state index contributed by atoms with van der Waals surface area (Å²) in [5.74, 6) is -0.390. The van der Waals surface area contributed by atoms with E-state index in [0.29, 0.717) is 11.1 Å². The molecule has 0 saturated heterocycles. The fraction of sp³-hybridized carbons (Fsp3) is 0.200. The Hall–Kier alpha value is -1.73. The lowest BCUT2D eigenvalue weighted by Crippen LogP contribution is -2.14. The molecule has 2 rings (SSSR count). The van der Waals surface area contributed by atoms with Gasteiger partial charge in [-0.05, 0) is 42.5 Å². The Morgan fingerprint density at radius 2 is 1.87 bits per heavy atom. The minimum Gasteiger partial charge on any atom is -0.457 e. The highest BCUT2D eigenvalue weighted by Gasteiger charge is 2.37. The zero-order chi connectivity index (χ0) is 17.3. The van der Waals surface area contributed by atoms with Crippen molar-refractivity contribution in [3.05, 3.63) is 53.1 Å². The average molecular weight is 364 g/mol. The molecule has 23 heavy (non-hydrogen) atoms. The lowest BCUT2D eigenvalue weighted by atomic mass is 10.2. The number of halogens is 4. The smallest absolute Gasteiger partial charge is 0.417 e. The highest BCUT2D eigenvalue weighted by atomic mass is 35.5. The van der Waals surface area contributed by atoms with E-state index in [1.54, 1.807) is 0 Å². The summed E-state index contributed by atoms with van der Waals surface area (Å²) in [5.41, 5.74) is -1.26. The van der Waals surface area contributed by atoms with Crippen molar-refractivity contribution in [2.75, 3.05) is 5.75 Å². The van der Waals surface area contributed by atoms with Gasteiger partial charge in [0.2, 0.25) is 0 Å². The van der Waals surface area contributed by atoms with Crippen molar-refractivity contribution in [2.45, 2.75) is 18.0 Å². The van der Waals surface area contributed by atoms with Crippen molar-refractivity contribution in [3.8, 4) is 11.5 Å². The molecular formula is C15H11ClF3O3S. The molecule has 0 N–H and O–H groups in total. The van der Waals surface area contributed by atoms with Crippen LogP contribution in [-0.4, -0.2) is 14.2 Å². The van der Waals surface area contributed by atoms with Gasteiger partial charge in [0, 0.05) is 5.02 Å². The first-order valence-electron chi connectivity index (χ1n) is 6.42. The van der Waals surface area contributed by atoms with E-state index in [4.69, 9.17) is 16.3 Å².